The van der Waals surface area contributed by atoms with E-state index in [9.17, 15) is 9.18 Å². The number of allylic oxidation sites excluding steroid dienone is 1. The minimum atomic E-state index is -0.516. The van der Waals surface area contributed by atoms with Crippen molar-refractivity contribution in [3.05, 3.63) is 83.1 Å². The maximum absolute atomic E-state index is 14.3. The standard InChI is InChI=1S/C26H23ClFN5O/c1-3-21(34)13-17-11-18(14-19(28)12-17)25-23(29-2)16-30-26(32-25)31-20-7-8-22(27)24(15-20)33-9-5-4-6-10-33/h3,7-8,11-12,14-16H,1,4-6,9-10,13H2,(H,30,31,32). The average molecular weight is 476 g/mol. The van der Waals surface area contributed by atoms with Crippen LogP contribution in [0.25, 0.3) is 16.1 Å². The largest absolute Gasteiger partial charge is 0.370 e. The summed E-state index contributed by atoms with van der Waals surface area (Å²) >= 11 is 6.45. The molecule has 1 fully saturated rings. The highest BCUT2D eigenvalue weighted by Gasteiger charge is 2.16. The maximum atomic E-state index is 14.3. The second-order valence-electron chi connectivity index (χ2n) is 8.07. The first-order valence-corrected chi connectivity index (χ1v) is 11.4. The molecule has 1 saturated heterocycles. The van der Waals surface area contributed by atoms with Gasteiger partial charge in [-0.15, -0.1) is 0 Å². The first kappa shape index (κ1) is 23.4. The average Bonchev–Trinajstić information content (AvgIpc) is 2.85. The summed E-state index contributed by atoms with van der Waals surface area (Å²) in [7, 11) is 0. The number of nitrogens with one attached hydrogen (secondary N) is 1. The zero-order valence-electron chi connectivity index (χ0n) is 18.5. The van der Waals surface area contributed by atoms with Gasteiger partial charge in [-0.2, -0.15) is 0 Å². The van der Waals surface area contributed by atoms with Crippen LogP contribution in [0.1, 0.15) is 24.8 Å². The van der Waals surface area contributed by atoms with Crippen molar-refractivity contribution in [2.75, 3.05) is 23.3 Å². The Morgan fingerprint density at radius 2 is 2.03 bits per heavy atom. The Balaban J connectivity index is 1.66. The van der Waals surface area contributed by atoms with Crippen LogP contribution in [0.5, 0.6) is 0 Å². The van der Waals surface area contributed by atoms with Gasteiger partial charge < -0.3 is 10.2 Å². The molecule has 1 aliphatic rings. The Morgan fingerprint density at radius 1 is 1.24 bits per heavy atom. The predicted octanol–water partition coefficient (Wildman–Crippen LogP) is 6.52. The summed E-state index contributed by atoms with van der Waals surface area (Å²) in [5.41, 5.74) is 3.04. The van der Waals surface area contributed by atoms with Crippen molar-refractivity contribution in [3.8, 4) is 11.3 Å². The number of nitrogens with zero attached hydrogens (tertiary/aromatic N) is 4. The molecule has 0 amide bonds. The van der Waals surface area contributed by atoms with Gasteiger partial charge in [-0.3, -0.25) is 4.79 Å². The van der Waals surface area contributed by atoms with E-state index in [1.807, 2.05) is 18.2 Å². The van der Waals surface area contributed by atoms with Crippen molar-refractivity contribution in [1.82, 2.24) is 9.97 Å². The fraction of sp³-hybridized carbons (Fsp3) is 0.231. The molecule has 1 N–H and O–H groups in total. The molecule has 8 heteroatoms. The molecule has 0 spiro atoms. The summed E-state index contributed by atoms with van der Waals surface area (Å²) in [5, 5.41) is 3.85. The molecule has 0 atom stereocenters. The Morgan fingerprint density at radius 3 is 2.76 bits per heavy atom. The van der Waals surface area contributed by atoms with Gasteiger partial charge in [0.05, 0.1) is 23.0 Å². The number of hydrogen-bond acceptors (Lipinski definition) is 5. The van der Waals surface area contributed by atoms with E-state index < -0.39 is 5.82 Å². The lowest BCUT2D eigenvalue weighted by atomic mass is 10.0. The Bertz CT molecular complexity index is 1280. The van der Waals surface area contributed by atoms with E-state index in [0.717, 1.165) is 37.3 Å². The van der Waals surface area contributed by atoms with Crippen LogP contribution in [0, 0.1) is 12.4 Å². The van der Waals surface area contributed by atoms with Gasteiger partial charge in [0.2, 0.25) is 11.6 Å². The topological polar surface area (TPSA) is 62.5 Å². The van der Waals surface area contributed by atoms with Crippen molar-refractivity contribution in [1.29, 1.82) is 0 Å². The molecule has 0 bridgehead atoms. The highest BCUT2D eigenvalue weighted by atomic mass is 35.5. The third-order valence-electron chi connectivity index (χ3n) is 5.63. The number of halogens is 2. The number of hydrogen-bond donors (Lipinski definition) is 1. The fourth-order valence-electron chi connectivity index (χ4n) is 3.99. The van der Waals surface area contributed by atoms with Gasteiger partial charge >= 0.3 is 0 Å². The van der Waals surface area contributed by atoms with Crippen LogP contribution in [-0.4, -0.2) is 28.8 Å². The van der Waals surface area contributed by atoms with Crippen molar-refractivity contribution >= 4 is 40.4 Å². The van der Waals surface area contributed by atoms with Crippen LogP contribution < -0.4 is 10.2 Å². The molecule has 1 aliphatic heterocycles. The maximum Gasteiger partial charge on any atom is 0.230 e. The minimum absolute atomic E-state index is 0.0157. The normalized spacial score (nSPS) is 13.3. The Kier molecular flexibility index (Phi) is 7.19. The van der Waals surface area contributed by atoms with E-state index in [4.69, 9.17) is 18.2 Å². The smallest absolute Gasteiger partial charge is 0.230 e. The summed E-state index contributed by atoms with van der Waals surface area (Å²) in [6.45, 7) is 12.9. The highest BCUT2D eigenvalue weighted by molar-refractivity contribution is 6.33. The van der Waals surface area contributed by atoms with Crippen LogP contribution in [-0.2, 0) is 11.2 Å². The van der Waals surface area contributed by atoms with Gasteiger partial charge in [0.1, 0.15) is 5.82 Å². The summed E-state index contributed by atoms with van der Waals surface area (Å²) < 4.78 is 14.3. The third kappa shape index (κ3) is 5.41. The summed E-state index contributed by atoms with van der Waals surface area (Å²) in [6.07, 6.45) is 6.10. The molecule has 0 saturated carbocycles. The Hall–Kier alpha value is -3.76. The third-order valence-corrected chi connectivity index (χ3v) is 5.95. The Labute approximate surface area is 202 Å². The van der Waals surface area contributed by atoms with E-state index in [2.05, 4.69) is 31.6 Å². The molecule has 0 radical (unpaired) electrons. The molecule has 1 aromatic heterocycles. The lowest BCUT2D eigenvalue weighted by molar-refractivity contribution is -0.114. The second-order valence-corrected chi connectivity index (χ2v) is 8.48. The number of rotatable bonds is 7. The van der Waals surface area contributed by atoms with E-state index >= 15 is 0 Å². The lowest BCUT2D eigenvalue weighted by Crippen LogP contribution is -2.29. The van der Waals surface area contributed by atoms with Crippen LogP contribution in [0.2, 0.25) is 5.02 Å². The number of anilines is 3. The summed E-state index contributed by atoms with van der Waals surface area (Å²) in [6, 6.07) is 9.86. The van der Waals surface area contributed by atoms with Gasteiger partial charge in [0, 0.05) is 31.4 Å². The number of piperidine rings is 1. The molecule has 0 aliphatic carbocycles. The number of carbonyl (C=O) groups is 1. The second kappa shape index (κ2) is 10.4. The number of carbonyl (C=O) groups excluding carboxylic acids is 1. The van der Waals surface area contributed by atoms with Gasteiger partial charge in [-0.25, -0.2) is 19.2 Å². The number of benzene rings is 2. The van der Waals surface area contributed by atoms with Crippen molar-refractivity contribution in [2.45, 2.75) is 25.7 Å². The molecular formula is C26H23ClFN5O. The molecule has 0 unspecified atom stereocenters. The lowest BCUT2D eigenvalue weighted by Gasteiger charge is -2.30. The van der Waals surface area contributed by atoms with Gasteiger partial charge in [-0.1, -0.05) is 24.2 Å². The van der Waals surface area contributed by atoms with Crippen LogP contribution in [0.15, 0.2) is 55.3 Å². The molecule has 172 valence electrons. The van der Waals surface area contributed by atoms with E-state index in [-0.39, 0.29) is 29.5 Å². The zero-order valence-corrected chi connectivity index (χ0v) is 19.3. The molecule has 34 heavy (non-hydrogen) atoms. The highest BCUT2D eigenvalue weighted by Crippen LogP contribution is 2.34. The van der Waals surface area contributed by atoms with Crippen LogP contribution in [0.3, 0.4) is 0 Å². The van der Waals surface area contributed by atoms with Crippen molar-refractivity contribution in [3.63, 3.8) is 0 Å². The van der Waals surface area contributed by atoms with Gasteiger partial charge in [0.15, 0.2) is 5.78 Å². The molecule has 3 aromatic rings. The zero-order chi connectivity index (χ0) is 24.1. The predicted molar refractivity (Wildman–Crippen MR) is 133 cm³/mol. The molecular weight excluding hydrogens is 453 g/mol. The van der Waals surface area contributed by atoms with Crippen LogP contribution >= 0.6 is 11.6 Å². The van der Waals surface area contributed by atoms with Crippen LogP contribution in [0.4, 0.5) is 27.4 Å². The monoisotopic (exact) mass is 475 g/mol. The van der Waals surface area contributed by atoms with Gasteiger partial charge in [0.25, 0.3) is 0 Å². The van der Waals surface area contributed by atoms with Gasteiger partial charge in [-0.05, 0) is 66.8 Å². The molecule has 4 rings (SSSR count). The molecule has 2 heterocycles. The van der Waals surface area contributed by atoms with Crippen molar-refractivity contribution < 1.29 is 9.18 Å². The van der Waals surface area contributed by atoms with E-state index in [0.29, 0.717) is 16.1 Å². The summed E-state index contributed by atoms with van der Waals surface area (Å²) in [4.78, 5) is 26.3. The summed E-state index contributed by atoms with van der Waals surface area (Å²) in [5.74, 6) is -0.473. The first-order valence-electron chi connectivity index (χ1n) is 11.0. The molecule has 2 aromatic carbocycles. The minimum Gasteiger partial charge on any atom is -0.370 e. The molecule has 6 nitrogen and oxygen atoms in total. The fourth-order valence-corrected chi connectivity index (χ4v) is 4.23. The number of ketones is 1. The van der Waals surface area contributed by atoms with E-state index in [1.54, 1.807) is 6.07 Å². The van der Waals surface area contributed by atoms with E-state index in [1.165, 1.54) is 30.8 Å². The SMILES string of the molecule is [C-]#[N+]c1cnc(Nc2ccc(Cl)c(N3CCCCC3)c2)nc1-c1cc(F)cc(CC(=O)C=C)c1. The van der Waals surface area contributed by atoms with Crippen molar-refractivity contribution in [2.24, 2.45) is 0 Å². The quantitative estimate of drug-likeness (QED) is 0.311. The number of aromatic nitrogens is 2. The first-order chi connectivity index (χ1) is 16.5.